The zero-order valence-corrected chi connectivity index (χ0v) is 14.4. The Bertz CT molecular complexity index is 692. The van der Waals surface area contributed by atoms with Gasteiger partial charge in [-0.15, -0.1) is 0 Å². The van der Waals surface area contributed by atoms with E-state index in [-0.39, 0.29) is 23.8 Å². The van der Waals surface area contributed by atoms with Gasteiger partial charge in [0, 0.05) is 20.0 Å². The summed E-state index contributed by atoms with van der Waals surface area (Å²) in [6.07, 6.45) is 1.58. The van der Waals surface area contributed by atoms with Crippen molar-refractivity contribution in [1.29, 1.82) is 0 Å². The molecule has 1 aliphatic carbocycles. The van der Waals surface area contributed by atoms with Crippen LogP contribution in [0.2, 0.25) is 0 Å². The van der Waals surface area contributed by atoms with Crippen molar-refractivity contribution in [1.82, 2.24) is 4.72 Å². The van der Waals surface area contributed by atoms with Crippen LogP contribution in [0.5, 0.6) is 0 Å². The van der Waals surface area contributed by atoms with E-state index >= 15 is 0 Å². The molecule has 23 heavy (non-hydrogen) atoms. The number of nitrogens with one attached hydrogen (secondary N) is 1. The van der Waals surface area contributed by atoms with Crippen molar-refractivity contribution in [3.05, 3.63) is 29.3 Å². The number of rotatable bonds is 7. The highest BCUT2D eigenvalue weighted by Crippen LogP contribution is 2.36. The summed E-state index contributed by atoms with van der Waals surface area (Å²) in [6.45, 7) is 3.98. The molecular weight excluding hydrogens is 318 g/mol. The lowest BCUT2D eigenvalue weighted by Gasteiger charge is -2.43. The van der Waals surface area contributed by atoms with Crippen LogP contribution in [-0.2, 0) is 32.4 Å². The van der Waals surface area contributed by atoms with Crippen LogP contribution in [0.3, 0.4) is 0 Å². The molecule has 0 unspecified atom stereocenters. The van der Waals surface area contributed by atoms with Crippen molar-refractivity contribution in [3.8, 4) is 0 Å². The standard InChI is InChI=1S/C16H23NO5S/c1-4-11-6-7-14(8-12(11)5-2)23(20,21)17-16(15(18)19)9-13(10-16)22-3/h6-8,13,17H,4-5,9-10H2,1-3H3,(H,18,19). The van der Waals surface area contributed by atoms with E-state index in [0.29, 0.717) is 0 Å². The van der Waals surface area contributed by atoms with E-state index in [1.54, 1.807) is 12.1 Å². The van der Waals surface area contributed by atoms with Crippen LogP contribution in [0.4, 0.5) is 0 Å². The van der Waals surface area contributed by atoms with Crippen LogP contribution < -0.4 is 4.72 Å². The number of benzene rings is 1. The molecule has 0 heterocycles. The fraction of sp³-hybridized carbons (Fsp3) is 0.562. The molecule has 0 radical (unpaired) electrons. The number of aryl methyl sites for hydroxylation is 2. The maximum atomic E-state index is 12.6. The summed E-state index contributed by atoms with van der Waals surface area (Å²) in [5, 5.41) is 9.41. The molecular formula is C16H23NO5S. The van der Waals surface area contributed by atoms with Crippen LogP contribution in [0.25, 0.3) is 0 Å². The SMILES string of the molecule is CCc1ccc(S(=O)(=O)NC2(C(=O)O)CC(OC)C2)cc1CC. The summed E-state index contributed by atoms with van der Waals surface area (Å²) in [6, 6.07) is 4.95. The van der Waals surface area contributed by atoms with Crippen molar-refractivity contribution in [2.24, 2.45) is 0 Å². The highest BCUT2D eigenvalue weighted by molar-refractivity contribution is 7.89. The summed E-state index contributed by atoms with van der Waals surface area (Å²) in [5.41, 5.74) is 0.584. The second kappa shape index (κ2) is 6.59. The quantitative estimate of drug-likeness (QED) is 0.788. The normalized spacial score (nSPS) is 24.2. The summed E-state index contributed by atoms with van der Waals surface area (Å²) in [5.74, 6) is -1.17. The Morgan fingerprint density at radius 3 is 2.39 bits per heavy atom. The minimum atomic E-state index is -3.90. The monoisotopic (exact) mass is 341 g/mol. The first-order chi connectivity index (χ1) is 10.8. The van der Waals surface area contributed by atoms with Gasteiger partial charge in [-0.2, -0.15) is 4.72 Å². The topological polar surface area (TPSA) is 92.7 Å². The molecule has 0 bridgehead atoms. The molecule has 128 valence electrons. The number of hydrogen-bond acceptors (Lipinski definition) is 4. The molecule has 2 N–H and O–H groups in total. The summed E-state index contributed by atoms with van der Waals surface area (Å²) in [4.78, 5) is 11.6. The van der Waals surface area contributed by atoms with Gasteiger partial charge < -0.3 is 9.84 Å². The average molecular weight is 341 g/mol. The van der Waals surface area contributed by atoms with Crippen molar-refractivity contribution in [3.63, 3.8) is 0 Å². The third kappa shape index (κ3) is 3.41. The van der Waals surface area contributed by atoms with E-state index in [0.717, 1.165) is 24.0 Å². The van der Waals surface area contributed by atoms with Crippen molar-refractivity contribution in [2.45, 2.75) is 56.1 Å². The number of hydrogen-bond donors (Lipinski definition) is 2. The second-order valence-corrected chi connectivity index (χ2v) is 7.58. The first-order valence-corrected chi connectivity index (χ1v) is 9.18. The van der Waals surface area contributed by atoms with Gasteiger partial charge in [0.2, 0.25) is 10.0 Å². The molecule has 0 aliphatic heterocycles. The minimum Gasteiger partial charge on any atom is -0.480 e. The zero-order chi connectivity index (χ0) is 17.3. The number of ether oxygens (including phenoxy) is 1. The molecule has 0 spiro atoms. The maximum absolute atomic E-state index is 12.6. The Balaban J connectivity index is 2.30. The Morgan fingerprint density at radius 1 is 1.30 bits per heavy atom. The molecule has 1 aromatic carbocycles. The van der Waals surface area contributed by atoms with E-state index in [4.69, 9.17) is 4.74 Å². The van der Waals surface area contributed by atoms with Gasteiger partial charge >= 0.3 is 5.97 Å². The molecule has 7 heteroatoms. The van der Waals surface area contributed by atoms with Gasteiger partial charge in [-0.1, -0.05) is 19.9 Å². The number of carboxylic acid groups (broad SMARTS) is 1. The predicted molar refractivity (Wildman–Crippen MR) is 85.9 cm³/mol. The predicted octanol–water partition coefficient (Wildman–Crippen LogP) is 1.72. The van der Waals surface area contributed by atoms with Crippen LogP contribution in [0, 0.1) is 0 Å². The summed E-state index contributed by atoms with van der Waals surface area (Å²) >= 11 is 0. The molecule has 1 fully saturated rings. The number of sulfonamides is 1. The molecule has 0 atom stereocenters. The van der Waals surface area contributed by atoms with Crippen molar-refractivity contribution < 1.29 is 23.1 Å². The van der Waals surface area contributed by atoms with Gasteiger partial charge in [0.25, 0.3) is 0 Å². The molecule has 1 aliphatic rings. The second-order valence-electron chi connectivity index (χ2n) is 5.90. The summed E-state index contributed by atoms with van der Waals surface area (Å²) in [7, 11) is -2.41. The largest absolute Gasteiger partial charge is 0.480 e. The molecule has 0 amide bonds. The Hall–Kier alpha value is -1.44. The highest BCUT2D eigenvalue weighted by atomic mass is 32.2. The average Bonchev–Trinajstić information content (AvgIpc) is 2.49. The number of carbonyl (C=O) groups is 1. The highest BCUT2D eigenvalue weighted by Gasteiger charge is 2.53. The van der Waals surface area contributed by atoms with E-state index < -0.39 is 21.5 Å². The minimum absolute atomic E-state index is 0.105. The summed E-state index contributed by atoms with van der Waals surface area (Å²) < 4.78 is 32.6. The van der Waals surface area contributed by atoms with Gasteiger partial charge in [0.05, 0.1) is 11.0 Å². The first-order valence-electron chi connectivity index (χ1n) is 7.70. The van der Waals surface area contributed by atoms with Crippen LogP contribution in [0.1, 0.15) is 37.8 Å². The fourth-order valence-corrected chi connectivity index (χ4v) is 4.38. The molecule has 1 aromatic rings. The Kier molecular flexibility index (Phi) is 5.13. The van der Waals surface area contributed by atoms with E-state index in [1.165, 1.54) is 13.2 Å². The molecule has 1 saturated carbocycles. The van der Waals surface area contributed by atoms with Crippen LogP contribution in [-0.4, -0.2) is 38.2 Å². The number of methoxy groups -OCH3 is 1. The smallest absolute Gasteiger partial charge is 0.325 e. The van der Waals surface area contributed by atoms with Crippen molar-refractivity contribution >= 4 is 16.0 Å². The van der Waals surface area contributed by atoms with Gasteiger partial charge in [-0.25, -0.2) is 8.42 Å². The number of aliphatic carboxylic acids is 1. The Labute approximate surface area is 136 Å². The Morgan fingerprint density at radius 2 is 1.91 bits per heavy atom. The third-order valence-electron chi connectivity index (χ3n) is 4.47. The van der Waals surface area contributed by atoms with Gasteiger partial charge in [-0.3, -0.25) is 4.79 Å². The lowest BCUT2D eigenvalue weighted by molar-refractivity contribution is -0.154. The molecule has 0 aromatic heterocycles. The van der Waals surface area contributed by atoms with Gasteiger partial charge in [0.15, 0.2) is 0 Å². The van der Waals surface area contributed by atoms with Crippen LogP contribution in [0.15, 0.2) is 23.1 Å². The number of carboxylic acids is 1. The van der Waals surface area contributed by atoms with Crippen molar-refractivity contribution in [2.75, 3.05) is 7.11 Å². The van der Waals surface area contributed by atoms with Gasteiger partial charge in [-0.05, 0) is 36.1 Å². The fourth-order valence-electron chi connectivity index (χ4n) is 2.95. The van der Waals surface area contributed by atoms with E-state index in [9.17, 15) is 18.3 Å². The van der Waals surface area contributed by atoms with E-state index in [1.807, 2.05) is 13.8 Å². The zero-order valence-electron chi connectivity index (χ0n) is 13.6. The van der Waals surface area contributed by atoms with Crippen LogP contribution >= 0.6 is 0 Å². The van der Waals surface area contributed by atoms with E-state index in [2.05, 4.69) is 4.72 Å². The molecule has 0 saturated heterocycles. The van der Waals surface area contributed by atoms with Gasteiger partial charge in [0.1, 0.15) is 5.54 Å². The molecule has 6 nitrogen and oxygen atoms in total. The lowest BCUT2D eigenvalue weighted by Crippen LogP contribution is -2.64. The maximum Gasteiger partial charge on any atom is 0.325 e. The lowest BCUT2D eigenvalue weighted by atomic mass is 9.75. The molecule has 2 rings (SSSR count). The third-order valence-corrected chi connectivity index (χ3v) is 6.01. The first kappa shape index (κ1) is 17.9.